The summed E-state index contributed by atoms with van der Waals surface area (Å²) in [4.78, 5) is 25.2. The van der Waals surface area contributed by atoms with Crippen LogP contribution >= 0.6 is 12.6 Å². The molecule has 0 saturated heterocycles. The van der Waals surface area contributed by atoms with Crippen LogP contribution in [0.25, 0.3) is 0 Å². The fraction of sp³-hybridized carbons (Fsp3) is 0.263. The van der Waals surface area contributed by atoms with Crippen molar-refractivity contribution in [3.63, 3.8) is 0 Å². The number of Topliss-reactive ketones (excluding diaryl/α,β-unsaturated/α-hetero) is 1. The van der Waals surface area contributed by atoms with E-state index in [1.807, 2.05) is 43.3 Å². The normalized spacial score (nSPS) is 11.0. The van der Waals surface area contributed by atoms with Crippen LogP contribution in [0.4, 0.5) is 17.1 Å². The number of carbonyl (C=O) groups excluding carboxylic acids is 2. The molecule has 146 valence electrons. The van der Waals surface area contributed by atoms with E-state index in [1.165, 1.54) is 5.69 Å². The molecule has 1 atom stereocenters. The van der Waals surface area contributed by atoms with Gasteiger partial charge < -0.3 is 27.4 Å². The van der Waals surface area contributed by atoms with Gasteiger partial charge in [-0.15, -0.1) is 0 Å². The zero-order valence-electron chi connectivity index (χ0n) is 15.6. The molecule has 0 radical (unpaired) electrons. The van der Waals surface area contributed by atoms with Crippen LogP contribution in [-0.4, -0.2) is 44.1 Å². The standard InChI is InChI=1S/C11H15N3O2S.C8H12N2/c12-5-10(15)9(6-17)14-11(16)7-1-3-8(13)4-2-7;1-10(2)8-5-3-7(9)4-6-8/h1-4,9,17H,5-6,12-13H2,(H,14,16);3-6H,9H2,1-2H3. The molecule has 0 heterocycles. The largest absolute Gasteiger partial charge is 0.399 e. The smallest absolute Gasteiger partial charge is 0.251 e. The quantitative estimate of drug-likeness (QED) is 0.373. The Morgan fingerprint density at radius 3 is 1.89 bits per heavy atom. The first-order valence-electron chi connectivity index (χ1n) is 8.31. The molecule has 0 aliphatic carbocycles. The lowest BCUT2D eigenvalue weighted by Crippen LogP contribution is -2.44. The number of nitrogens with two attached hydrogens (primary N) is 3. The molecular weight excluding hydrogens is 362 g/mol. The van der Waals surface area contributed by atoms with E-state index >= 15 is 0 Å². The minimum absolute atomic E-state index is 0.118. The van der Waals surface area contributed by atoms with Crippen LogP contribution in [0.15, 0.2) is 48.5 Å². The molecule has 1 amide bonds. The third kappa shape index (κ3) is 7.59. The third-order valence-corrected chi connectivity index (χ3v) is 4.03. The fourth-order valence-corrected chi connectivity index (χ4v) is 2.31. The number of thiol groups is 1. The van der Waals surface area contributed by atoms with Gasteiger partial charge in [0.2, 0.25) is 0 Å². The van der Waals surface area contributed by atoms with Crippen LogP contribution in [-0.2, 0) is 4.79 Å². The molecular formula is C19H27N5O2S. The highest BCUT2D eigenvalue weighted by Gasteiger charge is 2.18. The van der Waals surface area contributed by atoms with Gasteiger partial charge >= 0.3 is 0 Å². The number of benzene rings is 2. The van der Waals surface area contributed by atoms with Gasteiger partial charge in [-0.25, -0.2) is 0 Å². The third-order valence-electron chi connectivity index (χ3n) is 3.66. The molecule has 0 aliphatic heterocycles. The highest BCUT2D eigenvalue weighted by Crippen LogP contribution is 2.12. The summed E-state index contributed by atoms with van der Waals surface area (Å²) in [6.07, 6.45) is 0. The Morgan fingerprint density at radius 2 is 1.48 bits per heavy atom. The molecule has 7 N–H and O–H groups in total. The van der Waals surface area contributed by atoms with Crippen molar-refractivity contribution in [2.75, 3.05) is 42.8 Å². The van der Waals surface area contributed by atoms with E-state index in [0.717, 1.165) is 5.69 Å². The van der Waals surface area contributed by atoms with E-state index in [4.69, 9.17) is 17.2 Å². The topological polar surface area (TPSA) is 127 Å². The molecule has 0 saturated carbocycles. The van der Waals surface area contributed by atoms with Crippen LogP contribution in [0.2, 0.25) is 0 Å². The number of nitrogens with one attached hydrogen (secondary N) is 1. The number of anilines is 3. The van der Waals surface area contributed by atoms with Gasteiger partial charge in [-0.3, -0.25) is 9.59 Å². The summed E-state index contributed by atoms with van der Waals surface area (Å²) in [6, 6.07) is 13.5. The summed E-state index contributed by atoms with van der Waals surface area (Å²) in [5, 5.41) is 2.57. The Balaban J connectivity index is 0.000000309. The summed E-state index contributed by atoms with van der Waals surface area (Å²) in [5.41, 5.74) is 19.3. The summed E-state index contributed by atoms with van der Waals surface area (Å²) in [7, 11) is 4.01. The minimum Gasteiger partial charge on any atom is -0.399 e. The molecule has 2 aromatic carbocycles. The number of hydrogen-bond donors (Lipinski definition) is 5. The Labute approximate surface area is 165 Å². The van der Waals surface area contributed by atoms with Crippen molar-refractivity contribution in [2.45, 2.75) is 6.04 Å². The van der Waals surface area contributed by atoms with Crippen molar-refractivity contribution in [1.82, 2.24) is 5.32 Å². The molecule has 7 nitrogen and oxygen atoms in total. The predicted octanol–water partition coefficient (Wildman–Crippen LogP) is 1.16. The lowest BCUT2D eigenvalue weighted by Gasteiger charge is -2.14. The van der Waals surface area contributed by atoms with Gasteiger partial charge in [0.25, 0.3) is 5.91 Å². The van der Waals surface area contributed by atoms with Crippen molar-refractivity contribution in [1.29, 1.82) is 0 Å². The van der Waals surface area contributed by atoms with Crippen molar-refractivity contribution in [2.24, 2.45) is 5.73 Å². The molecule has 0 aromatic heterocycles. The lowest BCUT2D eigenvalue weighted by atomic mass is 10.1. The zero-order valence-corrected chi connectivity index (χ0v) is 16.4. The molecule has 8 heteroatoms. The van der Waals surface area contributed by atoms with Gasteiger partial charge in [0.05, 0.1) is 12.6 Å². The van der Waals surface area contributed by atoms with Crippen molar-refractivity contribution < 1.29 is 9.59 Å². The summed E-state index contributed by atoms with van der Waals surface area (Å²) in [5.74, 6) is -0.369. The van der Waals surface area contributed by atoms with E-state index in [9.17, 15) is 9.59 Å². The summed E-state index contributed by atoms with van der Waals surface area (Å²) in [6.45, 7) is -0.118. The van der Waals surface area contributed by atoms with Crippen LogP contribution < -0.4 is 27.4 Å². The van der Waals surface area contributed by atoms with E-state index in [2.05, 4.69) is 17.9 Å². The second-order valence-corrected chi connectivity index (χ2v) is 6.35. The molecule has 0 fully saturated rings. The zero-order chi connectivity index (χ0) is 20.4. The summed E-state index contributed by atoms with van der Waals surface area (Å²) < 4.78 is 0. The number of hydrogen-bond acceptors (Lipinski definition) is 7. The van der Waals surface area contributed by atoms with E-state index in [1.54, 1.807) is 24.3 Å². The number of nitrogens with zero attached hydrogens (tertiary/aromatic N) is 1. The SMILES string of the molecule is CN(C)c1ccc(N)cc1.NCC(=O)C(CS)NC(=O)c1ccc(N)cc1. The highest BCUT2D eigenvalue weighted by atomic mass is 32.1. The first-order chi connectivity index (χ1) is 12.8. The maximum Gasteiger partial charge on any atom is 0.251 e. The Hall–Kier alpha value is -2.71. The molecule has 2 rings (SSSR count). The number of rotatable bonds is 6. The number of nitrogen functional groups attached to an aromatic ring is 2. The first-order valence-corrected chi connectivity index (χ1v) is 8.94. The number of amides is 1. The maximum absolute atomic E-state index is 11.8. The lowest BCUT2D eigenvalue weighted by molar-refractivity contribution is -0.119. The molecule has 2 aromatic rings. The molecule has 0 spiro atoms. The fourth-order valence-electron chi connectivity index (χ4n) is 2.02. The first kappa shape index (κ1) is 22.3. The van der Waals surface area contributed by atoms with E-state index in [0.29, 0.717) is 11.3 Å². The second kappa shape index (κ2) is 11.1. The average molecular weight is 390 g/mol. The number of carbonyl (C=O) groups is 2. The maximum atomic E-state index is 11.8. The monoisotopic (exact) mass is 389 g/mol. The van der Waals surface area contributed by atoms with Crippen LogP contribution in [0.1, 0.15) is 10.4 Å². The van der Waals surface area contributed by atoms with Gasteiger partial charge in [0.1, 0.15) is 0 Å². The van der Waals surface area contributed by atoms with Gasteiger partial charge in [-0.05, 0) is 48.5 Å². The molecule has 0 aliphatic rings. The number of ketones is 1. The van der Waals surface area contributed by atoms with Gasteiger partial charge in [-0.2, -0.15) is 12.6 Å². The van der Waals surface area contributed by atoms with Gasteiger partial charge in [0.15, 0.2) is 5.78 Å². The van der Waals surface area contributed by atoms with E-state index < -0.39 is 6.04 Å². The van der Waals surface area contributed by atoms with Crippen molar-refractivity contribution in [3.05, 3.63) is 54.1 Å². The average Bonchev–Trinajstić information content (AvgIpc) is 2.66. The van der Waals surface area contributed by atoms with E-state index in [-0.39, 0.29) is 24.0 Å². The molecule has 1 unspecified atom stereocenters. The van der Waals surface area contributed by atoms with Crippen molar-refractivity contribution >= 4 is 41.4 Å². The Morgan fingerprint density at radius 1 is 1.00 bits per heavy atom. The van der Waals surface area contributed by atoms with Crippen LogP contribution in [0.3, 0.4) is 0 Å². The van der Waals surface area contributed by atoms with Crippen LogP contribution in [0.5, 0.6) is 0 Å². The molecule has 27 heavy (non-hydrogen) atoms. The Bertz CT molecular complexity index is 733. The predicted molar refractivity (Wildman–Crippen MR) is 115 cm³/mol. The second-order valence-electron chi connectivity index (χ2n) is 5.99. The summed E-state index contributed by atoms with van der Waals surface area (Å²) >= 11 is 4.00. The van der Waals surface area contributed by atoms with Crippen molar-refractivity contribution in [3.8, 4) is 0 Å². The Kier molecular flexibility index (Phi) is 9.18. The molecule has 0 bridgehead atoms. The van der Waals surface area contributed by atoms with Crippen LogP contribution in [0, 0.1) is 0 Å². The minimum atomic E-state index is -0.659. The highest BCUT2D eigenvalue weighted by molar-refractivity contribution is 7.80. The van der Waals surface area contributed by atoms with Gasteiger partial charge in [-0.1, -0.05) is 0 Å². The van der Waals surface area contributed by atoms with Gasteiger partial charge in [0, 0.05) is 42.5 Å².